The van der Waals surface area contributed by atoms with E-state index in [0.717, 1.165) is 25.0 Å². The highest BCUT2D eigenvalue weighted by Gasteiger charge is 2.39. The molecule has 1 aromatic heterocycles. The van der Waals surface area contributed by atoms with E-state index in [1.54, 1.807) is 0 Å². The molecule has 1 aromatic rings. The van der Waals surface area contributed by atoms with Gasteiger partial charge in [-0.15, -0.1) is 11.3 Å². The average molecular weight is 279 g/mol. The second kappa shape index (κ2) is 5.41. The van der Waals surface area contributed by atoms with Crippen molar-refractivity contribution >= 4 is 16.5 Å². The number of piperidine rings is 1. The van der Waals surface area contributed by atoms with Crippen molar-refractivity contribution in [3.63, 3.8) is 0 Å². The molecule has 2 atom stereocenters. The predicted octanol–water partition coefficient (Wildman–Crippen LogP) is 3.19. The van der Waals surface area contributed by atoms with E-state index < -0.39 is 0 Å². The summed E-state index contributed by atoms with van der Waals surface area (Å²) in [6, 6.07) is 0.784. The van der Waals surface area contributed by atoms with Gasteiger partial charge in [-0.25, -0.2) is 4.98 Å². The Hall–Kier alpha value is -0.610. The van der Waals surface area contributed by atoms with Gasteiger partial charge in [0.1, 0.15) is 0 Å². The van der Waals surface area contributed by atoms with E-state index in [1.807, 2.05) is 11.3 Å². The number of rotatable bonds is 5. The number of thiazole rings is 1. The highest BCUT2D eigenvalue weighted by atomic mass is 32.1. The molecule has 4 heteroatoms. The van der Waals surface area contributed by atoms with Gasteiger partial charge in [-0.05, 0) is 44.6 Å². The van der Waals surface area contributed by atoms with Crippen LogP contribution in [0.4, 0.5) is 5.13 Å². The minimum atomic E-state index is 0.710. The number of nitrogens with zero attached hydrogens (tertiary/aromatic N) is 2. The second-order valence-electron chi connectivity index (χ2n) is 6.52. The molecule has 3 rings (SSSR count). The van der Waals surface area contributed by atoms with Gasteiger partial charge in [-0.1, -0.05) is 13.8 Å². The first kappa shape index (κ1) is 13.4. The number of hydrogen-bond acceptors (Lipinski definition) is 4. The Morgan fingerprint density at radius 3 is 2.89 bits per heavy atom. The fraction of sp³-hybridized carbons (Fsp3) is 0.800. The van der Waals surface area contributed by atoms with Crippen molar-refractivity contribution in [2.24, 2.45) is 11.8 Å². The van der Waals surface area contributed by atoms with Gasteiger partial charge in [0.15, 0.2) is 5.13 Å². The Labute approximate surface area is 120 Å². The van der Waals surface area contributed by atoms with Crippen molar-refractivity contribution < 1.29 is 0 Å². The van der Waals surface area contributed by atoms with E-state index in [9.17, 15) is 0 Å². The maximum Gasteiger partial charge on any atom is 0.186 e. The third-order valence-corrected chi connectivity index (χ3v) is 5.57. The van der Waals surface area contributed by atoms with Crippen molar-refractivity contribution in [2.45, 2.75) is 52.6 Å². The quantitative estimate of drug-likeness (QED) is 0.897. The van der Waals surface area contributed by atoms with Crippen LogP contribution in [0.2, 0.25) is 0 Å². The van der Waals surface area contributed by atoms with E-state index in [1.165, 1.54) is 41.5 Å². The monoisotopic (exact) mass is 279 g/mol. The maximum absolute atomic E-state index is 4.81. The predicted molar refractivity (Wildman–Crippen MR) is 81.9 cm³/mol. The van der Waals surface area contributed by atoms with Gasteiger partial charge < -0.3 is 10.2 Å². The van der Waals surface area contributed by atoms with Crippen molar-refractivity contribution in [1.82, 2.24) is 10.3 Å². The second-order valence-corrected chi connectivity index (χ2v) is 7.58. The van der Waals surface area contributed by atoms with E-state index in [4.69, 9.17) is 4.98 Å². The van der Waals surface area contributed by atoms with E-state index in [-0.39, 0.29) is 0 Å². The average Bonchev–Trinajstić information content (AvgIpc) is 3.04. The largest absolute Gasteiger partial charge is 0.345 e. The molecule has 1 aliphatic heterocycles. The number of aryl methyl sites for hydroxylation is 1. The molecule has 2 aliphatic rings. The molecule has 3 nitrogen and oxygen atoms in total. The molecule has 0 aromatic carbocycles. The lowest BCUT2D eigenvalue weighted by Gasteiger charge is -2.26. The fourth-order valence-electron chi connectivity index (χ4n) is 3.33. The van der Waals surface area contributed by atoms with Crippen molar-refractivity contribution in [3.8, 4) is 0 Å². The summed E-state index contributed by atoms with van der Waals surface area (Å²) in [7, 11) is 0. The molecule has 19 heavy (non-hydrogen) atoms. The molecule has 1 N–H and O–H groups in total. The third kappa shape index (κ3) is 2.79. The van der Waals surface area contributed by atoms with Crippen LogP contribution in [-0.4, -0.2) is 24.1 Å². The Morgan fingerprint density at radius 1 is 1.42 bits per heavy atom. The zero-order chi connectivity index (χ0) is 13.4. The van der Waals surface area contributed by atoms with E-state index >= 15 is 0 Å². The van der Waals surface area contributed by atoms with Crippen LogP contribution < -0.4 is 10.2 Å². The van der Waals surface area contributed by atoms with Gasteiger partial charge in [0.05, 0.1) is 5.69 Å². The molecule has 2 fully saturated rings. The highest BCUT2D eigenvalue weighted by molar-refractivity contribution is 7.15. The molecule has 2 bridgehead atoms. The highest BCUT2D eigenvalue weighted by Crippen LogP contribution is 2.41. The number of nitrogens with one attached hydrogen (secondary N) is 1. The van der Waals surface area contributed by atoms with Crippen LogP contribution in [-0.2, 0) is 6.54 Å². The Balaban J connectivity index is 1.64. The zero-order valence-corrected chi connectivity index (χ0v) is 13.1. The molecule has 2 heterocycles. The lowest BCUT2D eigenvalue weighted by atomic mass is 10.1. The van der Waals surface area contributed by atoms with Gasteiger partial charge in [0.2, 0.25) is 0 Å². The number of fused-ring (bicyclic) bond motifs is 2. The summed E-state index contributed by atoms with van der Waals surface area (Å²) in [6.45, 7) is 9.96. The summed E-state index contributed by atoms with van der Waals surface area (Å²) >= 11 is 1.90. The first-order valence-corrected chi connectivity index (χ1v) is 8.38. The molecule has 0 spiro atoms. The molecule has 0 radical (unpaired) electrons. The number of aromatic nitrogens is 1. The van der Waals surface area contributed by atoms with Crippen molar-refractivity contribution in [1.29, 1.82) is 0 Å². The van der Waals surface area contributed by atoms with Crippen LogP contribution in [0, 0.1) is 18.8 Å². The minimum Gasteiger partial charge on any atom is -0.345 e. The number of hydrogen-bond donors (Lipinski definition) is 1. The molecule has 106 valence electrons. The van der Waals surface area contributed by atoms with E-state index in [0.29, 0.717) is 5.92 Å². The number of anilines is 1. The lowest BCUT2D eigenvalue weighted by Crippen LogP contribution is -2.31. The zero-order valence-electron chi connectivity index (χ0n) is 12.3. The van der Waals surface area contributed by atoms with Crippen LogP contribution in [0.5, 0.6) is 0 Å². The molecule has 2 unspecified atom stereocenters. The normalized spacial score (nSPS) is 25.8. The molecular formula is C15H25N3S. The summed E-state index contributed by atoms with van der Waals surface area (Å²) in [4.78, 5) is 8.80. The molecule has 1 saturated carbocycles. The van der Waals surface area contributed by atoms with Gasteiger partial charge in [0, 0.05) is 24.0 Å². The van der Waals surface area contributed by atoms with E-state index in [2.05, 4.69) is 31.0 Å². The lowest BCUT2D eigenvalue weighted by molar-refractivity contribution is 0.552. The van der Waals surface area contributed by atoms with Crippen LogP contribution in [0.1, 0.15) is 43.7 Å². The topological polar surface area (TPSA) is 28.2 Å². The van der Waals surface area contributed by atoms with Gasteiger partial charge in [-0.2, -0.15) is 0 Å². The summed E-state index contributed by atoms with van der Waals surface area (Å²) < 4.78 is 0. The molecule has 0 amide bonds. The summed E-state index contributed by atoms with van der Waals surface area (Å²) in [5, 5.41) is 4.80. The molecular weight excluding hydrogens is 254 g/mol. The SMILES string of the molecule is Cc1nc(N2CC3CCC2C3)sc1CNCC(C)C. The Morgan fingerprint density at radius 2 is 2.26 bits per heavy atom. The van der Waals surface area contributed by atoms with Crippen LogP contribution >= 0.6 is 11.3 Å². The standard InChI is InChI=1S/C15H25N3S/c1-10(2)7-16-8-14-11(3)17-15(19-14)18-9-12-4-5-13(18)6-12/h10,12-13,16H,4-9H2,1-3H3. The first-order valence-electron chi connectivity index (χ1n) is 7.57. The first-order chi connectivity index (χ1) is 9.13. The summed E-state index contributed by atoms with van der Waals surface area (Å²) in [5.74, 6) is 1.65. The van der Waals surface area contributed by atoms with Gasteiger partial charge in [-0.3, -0.25) is 0 Å². The van der Waals surface area contributed by atoms with Crippen LogP contribution in [0.15, 0.2) is 0 Å². The Kier molecular flexibility index (Phi) is 3.81. The van der Waals surface area contributed by atoms with Gasteiger partial charge >= 0.3 is 0 Å². The third-order valence-electron chi connectivity index (χ3n) is 4.37. The summed E-state index contributed by atoms with van der Waals surface area (Å²) in [5.41, 5.74) is 1.22. The van der Waals surface area contributed by atoms with Crippen molar-refractivity contribution in [2.75, 3.05) is 18.0 Å². The van der Waals surface area contributed by atoms with Crippen molar-refractivity contribution in [3.05, 3.63) is 10.6 Å². The Bertz CT molecular complexity index is 441. The van der Waals surface area contributed by atoms with Crippen LogP contribution in [0.3, 0.4) is 0 Å². The summed E-state index contributed by atoms with van der Waals surface area (Å²) in [6.07, 6.45) is 4.22. The van der Waals surface area contributed by atoms with Gasteiger partial charge in [0.25, 0.3) is 0 Å². The smallest absolute Gasteiger partial charge is 0.186 e. The molecule has 1 aliphatic carbocycles. The fourth-order valence-corrected chi connectivity index (χ4v) is 4.44. The van der Waals surface area contributed by atoms with Crippen LogP contribution in [0.25, 0.3) is 0 Å². The maximum atomic E-state index is 4.81. The molecule has 1 saturated heterocycles. The minimum absolute atomic E-state index is 0.710.